The lowest BCUT2D eigenvalue weighted by Gasteiger charge is -2.10. The number of nitrogens with zero attached hydrogens (tertiary/aromatic N) is 1. The molecule has 0 saturated carbocycles. The first-order valence-corrected chi connectivity index (χ1v) is 7.52. The lowest BCUT2D eigenvalue weighted by Crippen LogP contribution is -2.02. The molecule has 3 aromatic rings. The van der Waals surface area contributed by atoms with Crippen LogP contribution in [0.25, 0.3) is 10.9 Å². The zero-order chi connectivity index (χ0) is 15.7. The van der Waals surface area contributed by atoms with Crippen molar-refractivity contribution in [2.75, 3.05) is 0 Å². The number of carbonyl (C=O) groups is 1. The number of aromatic nitrogens is 1. The highest BCUT2D eigenvalue weighted by Crippen LogP contribution is 2.27. The molecule has 0 spiro atoms. The van der Waals surface area contributed by atoms with Gasteiger partial charge < -0.3 is 9.67 Å². The van der Waals surface area contributed by atoms with E-state index in [1.54, 1.807) is 0 Å². The molecule has 1 N–H and O–H groups in total. The van der Waals surface area contributed by atoms with Gasteiger partial charge in [-0.25, -0.2) is 0 Å². The third-order valence-electron chi connectivity index (χ3n) is 3.58. The molecule has 5 heteroatoms. The standard InChI is InChI=1S/C17H13Cl2NO2/c18-14-2-1-3-15(19)13(14)10-20-7-6-12-5-4-11(8-16(12)20)9-17(21)22/h1-8H,9-10H2,(H,21,22). The summed E-state index contributed by atoms with van der Waals surface area (Å²) in [5.41, 5.74) is 2.59. The molecule has 0 fully saturated rings. The van der Waals surface area contributed by atoms with E-state index in [0.29, 0.717) is 16.6 Å². The van der Waals surface area contributed by atoms with Gasteiger partial charge in [0.05, 0.1) is 13.0 Å². The van der Waals surface area contributed by atoms with Crippen molar-refractivity contribution in [1.29, 1.82) is 0 Å². The fraction of sp³-hybridized carbons (Fsp3) is 0.118. The van der Waals surface area contributed by atoms with Crippen molar-refractivity contribution in [3.8, 4) is 0 Å². The van der Waals surface area contributed by atoms with Crippen LogP contribution in [0.1, 0.15) is 11.1 Å². The van der Waals surface area contributed by atoms with Crippen LogP contribution in [-0.4, -0.2) is 15.6 Å². The minimum atomic E-state index is -0.841. The molecule has 0 atom stereocenters. The molecule has 1 aromatic heterocycles. The van der Waals surface area contributed by atoms with E-state index in [-0.39, 0.29) is 6.42 Å². The normalized spacial score (nSPS) is 11.0. The summed E-state index contributed by atoms with van der Waals surface area (Å²) in [6.07, 6.45) is 1.96. The van der Waals surface area contributed by atoms with Crippen LogP contribution in [0.4, 0.5) is 0 Å². The van der Waals surface area contributed by atoms with Crippen LogP contribution in [0.5, 0.6) is 0 Å². The molecule has 0 aliphatic carbocycles. The van der Waals surface area contributed by atoms with E-state index in [2.05, 4.69) is 0 Å². The number of carboxylic acids is 1. The third-order valence-corrected chi connectivity index (χ3v) is 4.29. The first-order chi connectivity index (χ1) is 10.5. The number of benzene rings is 2. The summed E-state index contributed by atoms with van der Waals surface area (Å²) in [7, 11) is 0. The summed E-state index contributed by atoms with van der Waals surface area (Å²) in [6.45, 7) is 0.540. The third kappa shape index (κ3) is 2.96. The number of aliphatic carboxylic acids is 1. The Morgan fingerprint density at radius 1 is 1.09 bits per heavy atom. The van der Waals surface area contributed by atoms with Gasteiger partial charge in [-0.05, 0) is 35.2 Å². The first-order valence-electron chi connectivity index (χ1n) is 6.77. The van der Waals surface area contributed by atoms with Crippen molar-refractivity contribution in [3.05, 3.63) is 69.8 Å². The smallest absolute Gasteiger partial charge is 0.307 e. The summed E-state index contributed by atoms with van der Waals surface area (Å²) < 4.78 is 2.02. The number of rotatable bonds is 4. The Morgan fingerprint density at radius 3 is 2.50 bits per heavy atom. The van der Waals surface area contributed by atoms with Crippen molar-refractivity contribution in [1.82, 2.24) is 4.57 Å². The molecule has 3 nitrogen and oxygen atoms in total. The molecule has 0 unspecified atom stereocenters. The van der Waals surface area contributed by atoms with Gasteiger partial charge in [0.15, 0.2) is 0 Å². The molecular formula is C17H13Cl2NO2. The second-order valence-corrected chi connectivity index (χ2v) is 5.92. The summed E-state index contributed by atoms with van der Waals surface area (Å²) in [6, 6.07) is 13.1. The highest BCUT2D eigenvalue weighted by atomic mass is 35.5. The van der Waals surface area contributed by atoms with Crippen molar-refractivity contribution < 1.29 is 9.90 Å². The summed E-state index contributed by atoms with van der Waals surface area (Å²) in [5.74, 6) is -0.841. The second kappa shape index (κ2) is 6.03. The van der Waals surface area contributed by atoms with Gasteiger partial charge >= 0.3 is 5.97 Å². The van der Waals surface area contributed by atoms with E-state index >= 15 is 0 Å². The van der Waals surface area contributed by atoms with Gasteiger partial charge in [-0.15, -0.1) is 0 Å². The Bertz CT molecular complexity index is 835. The van der Waals surface area contributed by atoms with Gasteiger partial charge in [0.2, 0.25) is 0 Å². The Morgan fingerprint density at radius 2 is 1.82 bits per heavy atom. The number of fused-ring (bicyclic) bond motifs is 1. The topological polar surface area (TPSA) is 42.2 Å². The molecule has 0 radical (unpaired) electrons. The lowest BCUT2D eigenvalue weighted by atomic mass is 10.1. The van der Waals surface area contributed by atoms with Crippen molar-refractivity contribution in [2.45, 2.75) is 13.0 Å². The minimum absolute atomic E-state index is 0.00791. The van der Waals surface area contributed by atoms with Gasteiger partial charge in [0.25, 0.3) is 0 Å². The zero-order valence-corrected chi connectivity index (χ0v) is 13.1. The summed E-state index contributed by atoms with van der Waals surface area (Å²) in [5, 5.41) is 11.2. The number of halogens is 2. The highest BCUT2D eigenvalue weighted by Gasteiger charge is 2.09. The molecule has 112 valence electrons. The molecule has 2 aromatic carbocycles. The Kier molecular flexibility index (Phi) is 4.10. The quantitative estimate of drug-likeness (QED) is 0.756. The first kappa shape index (κ1) is 14.9. The highest BCUT2D eigenvalue weighted by molar-refractivity contribution is 6.36. The number of carboxylic acid groups (broad SMARTS) is 1. The molecule has 1 heterocycles. The van der Waals surface area contributed by atoms with E-state index in [1.807, 2.05) is 53.2 Å². The molecule has 0 aliphatic rings. The zero-order valence-electron chi connectivity index (χ0n) is 11.6. The second-order valence-electron chi connectivity index (χ2n) is 5.11. The molecule has 3 rings (SSSR count). The number of hydrogen-bond donors (Lipinski definition) is 1. The fourth-order valence-electron chi connectivity index (χ4n) is 2.51. The monoisotopic (exact) mass is 333 g/mol. The van der Waals surface area contributed by atoms with Crippen molar-refractivity contribution >= 4 is 40.1 Å². The minimum Gasteiger partial charge on any atom is -0.481 e. The number of hydrogen-bond acceptors (Lipinski definition) is 1. The lowest BCUT2D eigenvalue weighted by molar-refractivity contribution is -0.136. The van der Waals surface area contributed by atoms with Crippen LogP contribution < -0.4 is 0 Å². The maximum Gasteiger partial charge on any atom is 0.307 e. The maximum atomic E-state index is 10.9. The van der Waals surface area contributed by atoms with Crippen LogP contribution in [0.15, 0.2) is 48.7 Å². The Labute approximate surface area is 137 Å². The predicted molar refractivity (Wildman–Crippen MR) is 88.8 cm³/mol. The molecule has 0 bridgehead atoms. The van der Waals surface area contributed by atoms with Crippen LogP contribution >= 0.6 is 23.2 Å². The van der Waals surface area contributed by atoms with E-state index in [1.165, 1.54) is 0 Å². The van der Waals surface area contributed by atoms with Gasteiger partial charge in [-0.2, -0.15) is 0 Å². The van der Waals surface area contributed by atoms with E-state index < -0.39 is 5.97 Å². The summed E-state index contributed by atoms with van der Waals surface area (Å²) >= 11 is 12.4. The van der Waals surface area contributed by atoms with E-state index in [0.717, 1.165) is 22.0 Å². The fourth-order valence-corrected chi connectivity index (χ4v) is 3.02. The Balaban J connectivity index is 2.02. The van der Waals surface area contributed by atoms with Gasteiger partial charge in [-0.1, -0.05) is 41.4 Å². The van der Waals surface area contributed by atoms with Crippen molar-refractivity contribution in [3.63, 3.8) is 0 Å². The predicted octanol–water partition coefficient (Wildman–Crippen LogP) is 4.62. The molecular weight excluding hydrogens is 321 g/mol. The van der Waals surface area contributed by atoms with E-state index in [4.69, 9.17) is 28.3 Å². The molecule has 22 heavy (non-hydrogen) atoms. The SMILES string of the molecule is O=C(O)Cc1ccc2ccn(Cc3c(Cl)cccc3Cl)c2c1. The van der Waals surface area contributed by atoms with Gasteiger partial charge in [0, 0.05) is 27.3 Å². The molecule has 0 saturated heterocycles. The molecule has 0 amide bonds. The maximum absolute atomic E-state index is 10.9. The van der Waals surface area contributed by atoms with Crippen LogP contribution in [-0.2, 0) is 17.8 Å². The van der Waals surface area contributed by atoms with Crippen molar-refractivity contribution in [2.24, 2.45) is 0 Å². The van der Waals surface area contributed by atoms with Gasteiger partial charge in [0.1, 0.15) is 0 Å². The van der Waals surface area contributed by atoms with Crippen LogP contribution in [0.2, 0.25) is 10.0 Å². The molecule has 0 aliphatic heterocycles. The van der Waals surface area contributed by atoms with Crippen LogP contribution in [0, 0.1) is 0 Å². The Hall–Kier alpha value is -1.97. The van der Waals surface area contributed by atoms with Crippen LogP contribution in [0.3, 0.4) is 0 Å². The average Bonchev–Trinajstić information content (AvgIpc) is 2.85. The average molecular weight is 334 g/mol. The van der Waals surface area contributed by atoms with E-state index in [9.17, 15) is 4.79 Å². The largest absolute Gasteiger partial charge is 0.481 e. The summed E-state index contributed by atoms with van der Waals surface area (Å²) in [4.78, 5) is 10.9. The van der Waals surface area contributed by atoms with Gasteiger partial charge in [-0.3, -0.25) is 4.79 Å².